The van der Waals surface area contributed by atoms with Gasteiger partial charge in [0.25, 0.3) is 5.91 Å². The van der Waals surface area contributed by atoms with E-state index in [-0.39, 0.29) is 25.0 Å². The maximum absolute atomic E-state index is 14.6. The molecule has 1 aromatic rings. The lowest BCUT2D eigenvalue weighted by atomic mass is 9.73. The largest absolute Gasteiger partial charge is 0.465 e. The summed E-state index contributed by atoms with van der Waals surface area (Å²) in [4.78, 5) is 48.2. The predicted molar refractivity (Wildman–Crippen MR) is 161 cm³/mol. The highest BCUT2D eigenvalue weighted by atomic mass is 16.6. The summed E-state index contributed by atoms with van der Waals surface area (Å²) in [6.07, 6.45) is 11.8. The van der Waals surface area contributed by atoms with E-state index < -0.39 is 35.0 Å². The molecule has 228 valence electrons. The van der Waals surface area contributed by atoms with Crippen molar-refractivity contribution in [3.05, 3.63) is 48.6 Å². The van der Waals surface area contributed by atoms with Gasteiger partial charge in [0, 0.05) is 44.2 Å². The summed E-state index contributed by atoms with van der Waals surface area (Å²) in [6, 6.07) is 7.07. The minimum atomic E-state index is -1.29. The summed E-state index contributed by atoms with van der Waals surface area (Å²) in [5.74, 6) is -2.58. The third-order valence-electron chi connectivity index (χ3n) is 9.50. The Balaban J connectivity index is 1.55. The monoisotopic (exact) mass is 579 g/mol. The van der Waals surface area contributed by atoms with E-state index in [1.165, 1.54) is 0 Å². The third-order valence-corrected chi connectivity index (χ3v) is 9.50. The molecule has 2 saturated heterocycles. The van der Waals surface area contributed by atoms with Gasteiger partial charge in [-0.15, -0.1) is 0 Å². The Labute approximate surface area is 249 Å². The molecule has 5 atom stereocenters. The molecule has 42 heavy (non-hydrogen) atoms. The van der Waals surface area contributed by atoms with Gasteiger partial charge in [0.05, 0.1) is 12.5 Å². The van der Waals surface area contributed by atoms with Crippen molar-refractivity contribution in [1.29, 1.82) is 0 Å². The number of fused-ring (bicyclic) bond motifs is 2. The van der Waals surface area contributed by atoms with Gasteiger partial charge in [-0.2, -0.15) is 0 Å². The minimum Gasteiger partial charge on any atom is -0.465 e. The molecule has 4 heterocycles. The number of carbonyl (C=O) groups excluding carboxylic acids is 3. The normalized spacial score (nSPS) is 30.4. The molecular weight excluding hydrogens is 534 g/mol. The van der Waals surface area contributed by atoms with Crippen LogP contribution in [0.1, 0.15) is 59.3 Å². The summed E-state index contributed by atoms with van der Waals surface area (Å²) in [6.45, 7) is 9.05. The standard InChI is InChI=1S/C33H45N3O6/c1-4-32-18-9-12-23-41-31(40)27(32)26-29(38)36(20-10-7-8-11-22-37)28-30(39)35(21-13-19-33(26,28)42-32)25-16-14-24(15-17-25)34(5-2)6-3/h9,13-19,26-28,37H,4-8,10-12,20-23H2,1-3H3/t26-,27-,28?,32+,33-/m0/s1. The van der Waals surface area contributed by atoms with Crippen LogP contribution in [0.15, 0.2) is 48.6 Å². The lowest BCUT2D eigenvalue weighted by Gasteiger charge is -2.38. The maximum atomic E-state index is 14.6. The highest BCUT2D eigenvalue weighted by Crippen LogP contribution is 2.58. The molecule has 9 heteroatoms. The number of carbonyl (C=O) groups is 3. The zero-order chi connectivity index (χ0) is 29.9. The Hall–Kier alpha value is -3.17. The second-order valence-corrected chi connectivity index (χ2v) is 11.7. The van der Waals surface area contributed by atoms with Crippen LogP contribution in [0.25, 0.3) is 0 Å². The van der Waals surface area contributed by atoms with Gasteiger partial charge in [0.15, 0.2) is 0 Å². The number of cyclic esters (lactones) is 1. The van der Waals surface area contributed by atoms with Gasteiger partial charge in [-0.3, -0.25) is 14.4 Å². The van der Waals surface area contributed by atoms with Crippen molar-refractivity contribution in [2.24, 2.45) is 11.8 Å². The van der Waals surface area contributed by atoms with Crippen molar-refractivity contribution in [3.63, 3.8) is 0 Å². The predicted octanol–water partition coefficient (Wildman–Crippen LogP) is 3.85. The van der Waals surface area contributed by atoms with E-state index in [1.54, 1.807) is 9.80 Å². The average molecular weight is 580 g/mol. The number of hydrogen-bond donors (Lipinski definition) is 1. The number of esters is 1. The fourth-order valence-corrected chi connectivity index (χ4v) is 7.38. The molecule has 4 aliphatic heterocycles. The summed E-state index contributed by atoms with van der Waals surface area (Å²) in [7, 11) is 0. The first-order chi connectivity index (χ1) is 20.4. The average Bonchev–Trinajstić information content (AvgIpc) is 3.33. The van der Waals surface area contributed by atoms with Gasteiger partial charge in [-0.05, 0) is 63.8 Å². The fraction of sp³-hybridized carbons (Fsp3) is 0.606. The van der Waals surface area contributed by atoms with Crippen LogP contribution in [-0.4, -0.2) is 84.4 Å². The third kappa shape index (κ3) is 5.04. The number of aliphatic hydroxyl groups excluding tert-OH is 1. The Morgan fingerprint density at radius 3 is 2.36 bits per heavy atom. The Kier molecular flexibility index (Phi) is 9.08. The number of rotatable bonds is 11. The number of benzene rings is 1. The second kappa shape index (κ2) is 12.6. The molecule has 0 bridgehead atoms. The van der Waals surface area contributed by atoms with Crippen LogP contribution >= 0.6 is 0 Å². The van der Waals surface area contributed by atoms with Crippen LogP contribution in [0.4, 0.5) is 11.4 Å². The van der Waals surface area contributed by atoms with Gasteiger partial charge in [-0.1, -0.05) is 44.1 Å². The molecule has 1 N–H and O–H groups in total. The zero-order valence-corrected chi connectivity index (χ0v) is 25.2. The van der Waals surface area contributed by atoms with E-state index >= 15 is 0 Å². The van der Waals surface area contributed by atoms with Gasteiger partial charge in [-0.25, -0.2) is 0 Å². The molecule has 2 fully saturated rings. The quantitative estimate of drug-likeness (QED) is 0.242. The number of amides is 2. The van der Waals surface area contributed by atoms with E-state index in [1.807, 2.05) is 55.5 Å². The van der Waals surface area contributed by atoms with Crippen molar-refractivity contribution >= 4 is 29.2 Å². The van der Waals surface area contributed by atoms with Gasteiger partial charge < -0.3 is 29.3 Å². The first-order valence-corrected chi connectivity index (χ1v) is 15.7. The number of ether oxygens (including phenoxy) is 2. The molecule has 2 amide bonds. The topological polar surface area (TPSA) is 99.6 Å². The summed E-state index contributed by atoms with van der Waals surface area (Å²) in [5.41, 5.74) is -0.480. The van der Waals surface area contributed by atoms with E-state index in [0.29, 0.717) is 38.8 Å². The van der Waals surface area contributed by atoms with E-state index in [9.17, 15) is 19.5 Å². The van der Waals surface area contributed by atoms with Crippen LogP contribution in [0.3, 0.4) is 0 Å². The Morgan fingerprint density at radius 2 is 1.67 bits per heavy atom. The minimum absolute atomic E-state index is 0.131. The van der Waals surface area contributed by atoms with Crippen molar-refractivity contribution in [2.45, 2.75) is 76.5 Å². The first kappa shape index (κ1) is 30.3. The molecule has 0 aromatic heterocycles. The second-order valence-electron chi connectivity index (χ2n) is 11.7. The van der Waals surface area contributed by atoms with Crippen molar-refractivity contribution in [1.82, 2.24) is 4.90 Å². The van der Waals surface area contributed by atoms with Crippen molar-refractivity contribution in [2.75, 3.05) is 49.2 Å². The Bertz CT molecular complexity index is 1210. The van der Waals surface area contributed by atoms with E-state index in [2.05, 4.69) is 18.7 Å². The van der Waals surface area contributed by atoms with Crippen LogP contribution < -0.4 is 9.80 Å². The molecule has 9 nitrogen and oxygen atoms in total. The molecule has 1 unspecified atom stereocenters. The van der Waals surface area contributed by atoms with E-state index in [0.717, 1.165) is 37.3 Å². The lowest BCUT2D eigenvalue weighted by molar-refractivity contribution is -0.160. The van der Waals surface area contributed by atoms with Crippen LogP contribution in [0.2, 0.25) is 0 Å². The number of hydrogen-bond acceptors (Lipinski definition) is 7. The molecule has 5 rings (SSSR count). The zero-order valence-electron chi connectivity index (χ0n) is 25.2. The van der Waals surface area contributed by atoms with Gasteiger partial charge in [0.1, 0.15) is 23.2 Å². The first-order valence-electron chi connectivity index (χ1n) is 15.7. The van der Waals surface area contributed by atoms with Gasteiger partial charge in [0.2, 0.25) is 5.91 Å². The van der Waals surface area contributed by atoms with Gasteiger partial charge >= 0.3 is 5.97 Å². The Morgan fingerprint density at radius 1 is 0.929 bits per heavy atom. The molecule has 0 saturated carbocycles. The molecule has 4 aliphatic rings. The lowest BCUT2D eigenvalue weighted by Crippen LogP contribution is -2.56. The number of nitrogens with zero attached hydrogens (tertiary/aromatic N) is 3. The van der Waals surface area contributed by atoms with Crippen LogP contribution in [0, 0.1) is 11.8 Å². The molecule has 1 aromatic carbocycles. The molecule has 1 spiro atoms. The summed E-state index contributed by atoms with van der Waals surface area (Å²) >= 11 is 0. The fourth-order valence-electron chi connectivity index (χ4n) is 7.38. The van der Waals surface area contributed by atoms with Crippen molar-refractivity contribution < 1.29 is 29.0 Å². The van der Waals surface area contributed by atoms with Crippen molar-refractivity contribution in [3.8, 4) is 0 Å². The number of unbranched alkanes of at least 4 members (excludes halogenated alkanes) is 3. The summed E-state index contributed by atoms with van der Waals surface area (Å²) < 4.78 is 12.6. The maximum Gasteiger partial charge on any atom is 0.313 e. The van der Waals surface area contributed by atoms with E-state index in [4.69, 9.17) is 9.47 Å². The highest BCUT2D eigenvalue weighted by molar-refractivity contribution is 6.05. The number of anilines is 2. The molecule has 0 radical (unpaired) electrons. The van der Waals surface area contributed by atoms with Crippen LogP contribution in [0.5, 0.6) is 0 Å². The van der Waals surface area contributed by atoms with Crippen LogP contribution in [-0.2, 0) is 23.9 Å². The number of likely N-dealkylation sites (tertiary alicyclic amines) is 1. The number of aliphatic hydroxyl groups is 1. The molecular formula is C33H45N3O6. The summed E-state index contributed by atoms with van der Waals surface area (Å²) in [5, 5.41) is 9.20. The highest BCUT2D eigenvalue weighted by Gasteiger charge is 2.75. The smallest absolute Gasteiger partial charge is 0.313 e. The SMILES string of the molecule is CCN(CC)c1ccc(N2CC=C[C@]34O[C@]5(CC)C=CCCOC(=O)[C@@H]5[C@H]3C(=O)N(CCCCCCO)C4C2=O)cc1. The molecule has 0 aliphatic carbocycles.